The number of aryl methyl sites for hydroxylation is 1. The smallest absolute Gasteiger partial charge is 0.307 e. The molecular weight excluding hydrogens is 224 g/mol. The van der Waals surface area contributed by atoms with Gasteiger partial charge in [-0.05, 0) is 37.0 Å². The number of hydrogen-bond donors (Lipinski definition) is 0. The summed E-state index contributed by atoms with van der Waals surface area (Å²) in [5.74, 6) is 0.953. The number of rotatable bonds is 8. The molecule has 1 rings (SSSR count). The fourth-order valence-corrected chi connectivity index (χ4v) is 2.91. The molecule has 0 heterocycles. The van der Waals surface area contributed by atoms with E-state index >= 15 is 0 Å². The zero-order valence-electron chi connectivity index (χ0n) is 11.5. The Morgan fingerprint density at radius 1 is 0.941 bits per heavy atom. The van der Waals surface area contributed by atoms with Gasteiger partial charge in [-0.25, -0.2) is 0 Å². The molecule has 0 saturated heterocycles. The van der Waals surface area contributed by atoms with Gasteiger partial charge in [-0.15, -0.1) is 0 Å². The first-order chi connectivity index (χ1) is 8.22. The third-order valence-electron chi connectivity index (χ3n) is 3.05. The van der Waals surface area contributed by atoms with E-state index in [-0.39, 0.29) is 8.80 Å². The van der Waals surface area contributed by atoms with Gasteiger partial charge in [-0.2, -0.15) is 0 Å². The van der Waals surface area contributed by atoms with Gasteiger partial charge in [0.05, 0.1) is 26.2 Å². The highest BCUT2D eigenvalue weighted by molar-refractivity contribution is 6.55. The SMILES string of the molecule is COc1ccc(CCCCCC[Si+](C)C)cc1. The van der Waals surface area contributed by atoms with Crippen LogP contribution in [0.2, 0.25) is 19.1 Å². The maximum atomic E-state index is 5.15. The molecule has 0 spiro atoms. The summed E-state index contributed by atoms with van der Waals surface area (Å²) in [6.45, 7) is 4.81. The van der Waals surface area contributed by atoms with Crippen LogP contribution >= 0.6 is 0 Å². The lowest BCUT2D eigenvalue weighted by Gasteiger charge is -2.03. The fraction of sp³-hybridized carbons (Fsp3) is 0.600. The van der Waals surface area contributed by atoms with Crippen molar-refractivity contribution in [1.82, 2.24) is 0 Å². The monoisotopic (exact) mass is 249 g/mol. The molecule has 0 saturated carbocycles. The highest BCUT2D eigenvalue weighted by Crippen LogP contribution is 2.14. The van der Waals surface area contributed by atoms with Gasteiger partial charge in [-0.1, -0.05) is 25.0 Å². The van der Waals surface area contributed by atoms with Crippen LogP contribution in [0.15, 0.2) is 24.3 Å². The highest BCUT2D eigenvalue weighted by Gasteiger charge is 2.08. The Labute approximate surface area is 108 Å². The van der Waals surface area contributed by atoms with E-state index in [1.54, 1.807) is 7.11 Å². The summed E-state index contributed by atoms with van der Waals surface area (Å²) in [6, 6.07) is 9.94. The Morgan fingerprint density at radius 3 is 2.18 bits per heavy atom. The van der Waals surface area contributed by atoms with E-state index in [2.05, 4.69) is 37.4 Å². The van der Waals surface area contributed by atoms with Crippen LogP contribution in [-0.4, -0.2) is 15.9 Å². The maximum Gasteiger partial charge on any atom is 0.307 e. The first-order valence-corrected chi connectivity index (χ1v) is 9.35. The molecule has 0 atom stereocenters. The van der Waals surface area contributed by atoms with Crippen LogP contribution < -0.4 is 4.74 Å². The molecule has 0 radical (unpaired) electrons. The van der Waals surface area contributed by atoms with Crippen LogP contribution in [0.1, 0.15) is 31.2 Å². The summed E-state index contributed by atoms with van der Waals surface area (Å²) in [5.41, 5.74) is 1.43. The molecule has 0 fully saturated rings. The van der Waals surface area contributed by atoms with Crippen LogP contribution in [0.25, 0.3) is 0 Å². The van der Waals surface area contributed by atoms with Crippen LogP contribution in [0.5, 0.6) is 5.75 Å². The van der Waals surface area contributed by atoms with Gasteiger partial charge >= 0.3 is 8.80 Å². The van der Waals surface area contributed by atoms with Gasteiger partial charge in [0, 0.05) is 0 Å². The second-order valence-electron chi connectivity index (χ2n) is 4.97. The molecule has 0 aromatic heterocycles. The van der Waals surface area contributed by atoms with Crippen molar-refractivity contribution in [3.63, 3.8) is 0 Å². The van der Waals surface area contributed by atoms with Crippen LogP contribution in [0.3, 0.4) is 0 Å². The lowest BCUT2D eigenvalue weighted by atomic mass is 10.1. The summed E-state index contributed by atoms with van der Waals surface area (Å²) < 4.78 is 5.15. The predicted molar refractivity (Wildman–Crippen MR) is 77.5 cm³/mol. The van der Waals surface area contributed by atoms with Gasteiger partial charge in [0.1, 0.15) is 5.75 Å². The molecule has 94 valence electrons. The molecule has 0 aliphatic heterocycles. The molecule has 0 aliphatic carbocycles. The summed E-state index contributed by atoms with van der Waals surface area (Å²) in [6.07, 6.45) is 6.75. The third kappa shape index (κ3) is 6.52. The molecule has 0 bridgehead atoms. The predicted octanol–water partition coefficient (Wildman–Crippen LogP) is 4.55. The summed E-state index contributed by atoms with van der Waals surface area (Å²) in [5, 5.41) is 0. The van der Waals surface area contributed by atoms with E-state index in [9.17, 15) is 0 Å². The molecule has 17 heavy (non-hydrogen) atoms. The van der Waals surface area contributed by atoms with E-state index in [0.29, 0.717) is 0 Å². The average Bonchev–Trinajstić information content (AvgIpc) is 2.34. The van der Waals surface area contributed by atoms with E-state index in [1.807, 2.05) is 0 Å². The number of methoxy groups -OCH3 is 1. The van der Waals surface area contributed by atoms with Gasteiger partial charge in [0.2, 0.25) is 0 Å². The fourth-order valence-electron chi connectivity index (χ4n) is 1.95. The van der Waals surface area contributed by atoms with Gasteiger partial charge in [-0.3, -0.25) is 0 Å². The van der Waals surface area contributed by atoms with Gasteiger partial charge < -0.3 is 4.74 Å². The molecule has 1 aromatic carbocycles. The summed E-state index contributed by atoms with van der Waals surface area (Å²) in [7, 11) is 1.72. The summed E-state index contributed by atoms with van der Waals surface area (Å²) in [4.78, 5) is 0. The van der Waals surface area contributed by atoms with Crippen LogP contribution in [-0.2, 0) is 6.42 Å². The Kier molecular flexibility index (Phi) is 7.02. The number of ether oxygens (including phenoxy) is 1. The van der Waals surface area contributed by atoms with Gasteiger partial charge in [0.15, 0.2) is 0 Å². The molecule has 2 heteroatoms. The van der Waals surface area contributed by atoms with Crippen molar-refractivity contribution in [2.75, 3.05) is 7.11 Å². The van der Waals surface area contributed by atoms with Crippen LogP contribution in [0.4, 0.5) is 0 Å². The first-order valence-electron chi connectivity index (χ1n) is 6.64. The second-order valence-corrected chi connectivity index (χ2v) is 7.88. The molecular formula is C15H25OSi+. The Hall–Kier alpha value is -0.763. The maximum absolute atomic E-state index is 5.15. The van der Waals surface area contributed by atoms with E-state index in [0.717, 1.165) is 5.75 Å². The molecule has 0 unspecified atom stereocenters. The minimum Gasteiger partial charge on any atom is -0.497 e. The zero-order chi connectivity index (χ0) is 12.5. The molecule has 0 aliphatic rings. The Morgan fingerprint density at radius 2 is 1.59 bits per heavy atom. The van der Waals surface area contributed by atoms with E-state index in [1.165, 1.54) is 43.7 Å². The average molecular weight is 249 g/mol. The third-order valence-corrected chi connectivity index (χ3v) is 4.40. The highest BCUT2D eigenvalue weighted by atomic mass is 28.3. The summed E-state index contributed by atoms with van der Waals surface area (Å²) >= 11 is 0. The van der Waals surface area contributed by atoms with Crippen molar-refractivity contribution < 1.29 is 4.74 Å². The topological polar surface area (TPSA) is 9.23 Å². The number of benzene rings is 1. The van der Waals surface area contributed by atoms with Crippen molar-refractivity contribution in [3.05, 3.63) is 29.8 Å². The molecule has 0 amide bonds. The largest absolute Gasteiger partial charge is 0.497 e. The normalized spacial score (nSPS) is 10.3. The van der Waals surface area contributed by atoms with Crippen molar-refractivity contribution >= 4 is 8.80 Å². The number of hydrogen-bond acceptors (Lipinski definition) is 1. The van der Waals surface area contributed by atoms with Crippen molar-refractivity contribution in [3.8, 4) is 5.75 Å². The van der Waals surface area contributed by atoms with E-state index in [4.69, 9.17) is 4.74 Å². The van der Waals surface area contributed by atoms with Crippen LogP contribution in [0, 0.1) is 0 Å². The first kappa shape index (κ1) is 14.3. The minimum absolute atomic E-state index is 0.00515. The Bertz CT molecular complexity index is 292. The standard InChI is InChI=1S/C15H25OSi/c1-16-15-11-9-14(10-12-15)8-6-4-5-7-13-17(2)3/h9-12H,4-8,13H2,1-3H3/q+1. The lowest BCUT2D eigenvalue weighted by molar-refractivity contribution is 0.414. The van der Waals surface area contributed by atoms with Crippen molar-refractivity contribution in [2.24, 2.45) is 0 Å². The molecule has 1 nitrogen and oxygen atoms in total. The lowest BCUT2D eigenvalue weighted by Crippen LogP contribution is -1.97. The molecule has 1 aromatic rings. The van der Waals surface area contributed by atoms with E-state index < -0.39 is 0 Å². The van der Waals surface area contributed by atoms with Crippen molar-refractivity contribution in [2.45, 2.75) is 51.2 Å². The minimum atomic E-state index is 0.00515. The van der Waals surface area contributed by atoms with Crippen molar-refractivity contribution in [1.29, 1.82) is 0 Å². The second kappa shape index (κ2) is 8.35. The molecule has 0 N–H and O–H groups in total. The Balaban J connectivity index is 2.09. The number of unbranched alkanes of at least 4 members (excludes halogenated alkanes) is 3. The van der Waals surface area contributed by atoms with Gasteiger partial charge in [0.25, 0.3) is 0 Å². The zero-order valence-corrected chi connectivity index (χ0v) is 12.5. The quantitative estimate of drug-likeness (QED) is 0.485.